The number of nitrogens with one attached hydrogen (secondary N) is 2. The van der Waals surface area contributed by atoms with Crippen LogP contribution < -0.4 is 10.6 Å². The molecule has 0 saturated carbocycles. The zero-order chi connectivity index (χ0) is 16.3. The molecule has 1 unspecified atom stereocenters. The largest absolute Gasteiger partial charge is 0.381 e. The van der Waals surface area contributed by atoms with Gasteiger partial charge in [-0.1, -0.05) is 6.92 Å². The summed E-state index contributed by atoms with van der Waals surface area (Å²) in [6.45, 7) is 7.00. The van der Waals surface area contributed by atoms with Crippen molar-refractivity contribution in [2.75, 3.05) is 40.0 Å². The summed E-state index contributed by atoms with van der Waals surface area (Å²) in [4.78, 5) is 8.76. The fourth-order valence-corrected chi connectivity index (χ4v) is 3.08. The van der Waals surface area contributed by atoms with Crippen molar-refractivity contribution in [3.8, 4) is 0 Å². The Morgan fingerprint density at radius 3 is 3.13 bits per heavy atom. The van der Waals surface area contributed by atoms with Gasteiger partial charge in [-0.25, -0.2) is 4.98 Å². The first-order valence-electron chi connectivity index (χ1n) is 8.35. The number of hydrogen-bond acceptors (Lipinski definition) is 5. The molecule has 1 saturated heterocycles. The van der Waals surface area contributed by atoms with Gasteiger partial charge in [0, 0.05) is 38.1 Å². The molecule has 23 heavy (non-hydrogen) atoms. The molecule has 0 spiro atoms. The number of thiazole rings is 1. The Bertz CT molecular complexity index is 472. The van der Waals surface area contributed by atoms with Crippen molar-refractivity contribution in [3.63, 3.8) is 0 Å². The molecule has 1 atom stereocenters. The van der Waals surface area contributed by atoms with Crippen LogP contribution in [0.1, 0.15) is 30.5 Å². The minimum atomic E-state index is 0.587. The lowest BCUT2D eigenvalue weighted by molar-refractivity contribution is 0.0888. The molecule has 1 aliphatic rings. The highest BCUT2D eigenvalue weighted by atomic mass is 32.1. The van der Waals surface area contributed by atoms with Crippen LogP contribution in [0.15, 0.2) is 10.4 Å². The molecule has 0 bridgehead atoms. The van der Waals surface area contributed by atoms with E-state index in [2.05, 4.69) is 32.9 Å². The average Bonchev–Trinajstić information content (AvgIpc) is 3.25. The van der Waals surface area contributed by atoms with E-state index in [1.165, 1.54) is 5.01 Å². The molecular formula is C16H28N4O2S. The summed E-state index contributed by atoms with van der Waals surface area (Å²) in [5.74, 6) is 1.39. The van der Waals surface area contributed by atoms with Crippen molar-refractivity contribution in [2.45, 2.75) is 32.7 Å². The van der Waals surface area contributed by atoms with Crippen LogP contribution in [0.25, 0.3) is 0 Å². The molecule has 2 heterocycles. The zero-order valence-electron chi connectivity index (χ0n) is 14.1. The summed E-state index contributed by atoms with van der Waals surface area (Å²) in [6, 6.07) is 0. The predicted octanol–water partition coefficient (Wildman–Crippen LogP) is 1.81. The van der Waals surface area contributed by atoms with Crippen LogP contribution in [0.2, 0.25) is 0 Å². The van der Waals surface area contributed by atoms with E-state index in [0.717, 1.165) is 63.9 Å². The van der Waals surface area contributed by atoms with Gasteiger partial charge in [0.25, 0.3) is 0 Å². The molecule has 7 heteroatoms. The highest BCUT2D eigenvalue weighted by Crippen LogP contribution is 2.12. The Kier molecular flexibility index (Phi) is 8.35. The quantitative estimate of drug-likeness (QED) is 0.408. The lowest BCUT2D eigenvalue weighted by atomic mass is 10.1. The molecule has 1 fully saturated rings. The number of rotatable bonds is 9. The van der Waals surface area contributed by atoms with E-state index in [-0.39, 0.29) is 0 Å². The van der Waals surface area contributed by atoms with E-state index in [0.29, 0.717) is 12.5 Å². The molecule has 0 amide bonds. The van der Waals surface area contributed by atoms with Crippen molar-refractivity contribution in [3.05, 3.63) is 16.1 Å². The number of guanidine groups is 1. The fraction of sp³-hybridized carbons (Fsp3) is 0.750. The number of aliphatic imine (C=N–C) groups is 1. The van der Waals surface area contributed by atoms with Crippen molar-refractivity contribution in [1.82, 2.24) is 15.6 Å². The normalized spacial score (nSPS) is 18.3. The number of nitrogens with zero attached hydrogens (tertiary/aromatic N) is 2. The van der Waals surface area contributed by atoms with Crippen molar-refractivity contribution in [1.29, 1.82) is 0 Å². The predicted molar refractivity (Wildman–Crippen MR) is 94.1 cm³/mol. The van der Waals surface area contributed by atoms with Crippen LogP contribution in [0, 0.1) is 5.92 Å². The molecule has 0 aliphatic carbocycles. The third kappa shape index (κ3) is 6.85. The maximum absolute atomic E-state index is 5.69. The Morgan fingerprint density at radius 2 is 2.43 bits per heavy atom. The number of aromatic nitrogens is 1. The summed E-state index contributed by atoms with van der Waals surface area (Å²) in [6.07, 6.45) is 3.08. The lowest BCUT2D eigenvalue weighted by Gasteiger charge is -2.12. The second kappa shape index (κ2) is 10.6. The Hall–Kier alpha value is -1.18. The molecule has 1 aromatic heterocycles. The van der Waals surface area contributed by atoms with Gasteiger partial charge < -0.3 is 20.1 Å². The first-order chi connectivity index (χ1) is 11.3. The van der Waals surface area contributed by atoms with Gasteiger partial charge in [-0.05, 0) is 19.3 Å². The van der Waals surface area contributed by atoms with Crippen LogP contribution in [0.4, 0.5) is 0 Å². The Balaban J connectivity index is 1.52. The first-order valence-corrected chi connectivity index (χ1v) is 9.23. The van der Waals surface area contributed by atoms with Gasteiger partial charge in [-0.15, -0.1) is 11.3 Å². The number of hydrogen-bond donors (Lipinski definition) is 2. The van der Waals surface area contributed by atoms with Crippen molar-refractivity contribution < 1.29 is 9.47 Å². The molecule has 2 N–H and O–H groups in total. The monoisotopic (exact) mass is 340 g/mol. The lowest BCUT2D eigenvalue weighted by Crippen LogP contribution is -2.37. The van der Waals surface area contributed by atoms with E-state index in [1.807, 2.05) is 0 Å². The molecule has 2 rings (SSSR count). The summed E-state index contributed by atoms with van der Waals surface area (Å²) in [5.41, 5.74) is 1.07. The van der Waals surface area contributed by atoms with Gasteiger partial charge >= 0.3 is 0 Å². The number of aryl methyl sites for hydroxylation is 1. The average molecular weight is 340 g/mol. The third-order valence-electron chi connectivity index (χ3n) is 3.70. The molecule has 130 valence electrons. The maximum Gasteiger partial charge on any atom is 0.191 e. The van der Waals surface area contributed by atoms with Crippen LogP contribution in [0.5, 0.6) is 0 Å². The van der Waals surface area contributed by atoms with Crippen LogP contribution in [0.3, 0.4) is 0 Å². The Labute approximate surface area is 142 Å². The molecule has 6 nitrogen and oxygen atoms in total. The van der Waals surface area contributed by atoms with E-state index in [4.69, 9.17) is 9.47 Å². The van der Waals surface area contributed by atoms with Gasteiger partial charge in [-0.2, -0.15) is 0 Å². The summed E-state index contributed by atoms with van der Waals surface area (Å²) in [5, 5.41) is 9.86. The highest BCUT2D eigenvalue weighted by Gasteiger charge is 2.15. The molecule has 0 radical (unpaired) electrons. The van der Waals surface area contributed by atoms with Crippen molar-refractivity contribution >= 4 is 17.3 Å². The second-order valence-corrected chi connectivity index (χ2v) is 6.54. The summed E-state index contributed by atoms with van der Waals surface area (Å²) in [7, 11) is 1.78. The summed E-state index contributed by atoms with van der Waals surface area (Å²) < 4.78 is 11.0. The molecule has 1 aromatic rings. The van der Waals surface area contributed by atoms with Crippen molar-refractivity contribution in [2.24, 2.45) is 10.9 Å². The highest BCUT2D eigenvalue weighted by molar-refractivity contribution is 7.09. The van der Waals surface area contributed by atoms with Gasteiger partial charge in [0.1, 0.15) is 0 Å². The van der Waals surface area contributed by atoms with Gasteiger partial charge in [-0.3, -0.25) is 4.99 Å². The standard InChI is InChI=1S/C16H28N4O2S/c1-3-15-20-14(12-23-15)9-19-16(17-2)18-6-4-7-21-10-13-5-8-22-11-13/h12-13H,3-11H2,1-2H3,(H2,17,18,19). The minimum absolute atomic E-state index is 0.587. The van der Waals surface area contributed by atoms with E-state index in [9.17, 15) is 0 Å². The first kappa shape index (κ1) is 18.2. The van der Waals surface area contributed by atoms with Gasteiger partial charge in [0.05, 0.1) is 30.5 Å². The smallest absolute Gasteiger partial charge is 0.191 e. The molecule has 1 aliphatic heterocycles. The van der Waals surface area contributed by atoms with Crippen LogP contribution >= 0.6 is 11.3 Å². The maximum atomic E-state index is 5.69. The fourth-order valence-electron chi connectivity index (χ4n) is 2.33. The van der Waals surface area contributed by atoms with Crippen LogP contribution in [-0.2, 0) is 22.4 Å². The van der Waals surface area contributed by atoms with E-state index >= 15 is 0 Å². The third-order valence-corrected chi connectivity index (χ3v) is 4.74. The van der Waals surface area contributed by atoms with Gasteiger partial charge in [0.2, 0.25) is 0 Å². The topological polar surface area (TPSA) is 67.8 Å². The van der Waals surface area contributed by atoms with Crippen LogP contribution in [-0.4, -0.2) is 51.0 Å². The molecule has 0 aromatic carbocycles. The van der Waals surface area contributed by atoms with E-state index in [1.54, 1.807) is 18.4 Å². The van der Waals surface area contributed by atoms with Gasteiger partial charge in [0.15, 0.2) is 5.96 Å². The van der Waals surface area contributed by atoms with E-state index < -0.39 is 0 Å². The zero-order valence-corrected chi connectivity index (χ0v) is 15.0. The summed E-state index contributed by atoms with van der Waals surface area (Å²) >= 11 is 1.71. The number of ether oxygens (including phenoxy) is 2. The Morgan fingerprint density at radius 1 is 1.52 bits per heavy atom. The SMILES string of the molecule is CCc1nc(CNC(=NC)NCCCOCC2CCOC2)cs1. The molecular weight excluding hydrogens is 312 g/mol. The minimum Gasteiger partial charge on any atom is -0.381 e. The second-order valence-electron chi connectivity index (χ2n) is 5.60.